The third-order valence-corrected chi connectivity index (χ3v) is 4.41. The molecule has 0 aliphatic carbocycles. The molecule has 0 aromatic carbocycles. The lowest BCUT2D eigenvalue weighted by Crippen LogP contribution is -2.54. The number of nitrogens with zero attached hydrogens (tertiary/aromatic N) is 1. The molecule has 94 valence electrons. The van der Waals surface area contributed by atoms with E-state index < -0.39 is 27.3 Å². The molecule has 0 bridgehead atoms. The molecule has 5 nitrogen and oxygen atoms in total. The highest BCUT2D eigenvalue weighted by Crippen LogP contribution is 2.25. The largest absolute Gasteiger partial charge is 0.480 e. The van der Waals surface area contributed by atoms with Crippen LogP contribution in [0.5, 0.6) is 0 Å². The first kappa shape index (κ1) is 13.4. The van der Waals surface area contributed by atoms with E-state index in [0.717, 1.165) is 0 Å². The van der Waals surface area contributed by atoms with Crippen LogP contribution < -0.4 is 0 Å². The van der Waals surface area contributed by atoms with Crippen molar-refractivity contribution >= 4 is 15.8 Å². The highest BCUT2D eigenvalue weighted by atomic mass is 32.2. The second kappa shape index (κ2) is 4.33. The minimum Gasteiger partial charge on any atom is -0.480 e. The van der Waals surface area contributed by atoms with Gasteiger partial charge < -0.3 is 5.11 Å². The van der Waals surface area contributed by atoms with E-state index in [1.807, 2.05) is 20.8 Å². The molecule has 0 saturated carbocycles. The van der Waals surface area contributed by atoms with Crippen molar-refractivity contribution in [3.8, 4) is 0 Å². The molecule has 16 heavy (non-hydrogen) atoms. The van der Waals surface area contributed by atoms with E-state index in [1.54, 1.807) is 4.90 Å². The molecule has 1 atom stereocenters. The first-order valence-corrected chi connectivity index (χ1v) is 7.13. The number of carboxylic acids is 1. The van der Waals surface area contributed by atoms with Crippen molar-refractivity contribution < 1.29 is 18.3 Å². The second-order valence-corrected chi connectivity index (χ2v) is 7.60. The van der Waals surface area contributed by atoms with Crippen LogP contribution in [0, 0.1) is 5.41 Å². The van der Waals surface area contributed by atoms with Crippen LogP contribution in [0.15, 0.2) is 0 Å². The smallest absolute Gasteiger partial charge is 0.321 e. The molecular formula is C10H19NO4S. The summed E-state index contributed by atoms with van der Waals surface area (Å²) in [4.78, 5) is 13.0. The van der Waals surface area contributed by atoms with Crippen molar-refractivity contribution in [2.45, 2.75) is 26.8 Å². The van der Waals surface area contributed by atoms with Crippen LogP contribution in [0.3, 0.4) is 0 Å². The molecule has 1 N–H and O–H groups in total. The third kappa shape index (κ3) is 3.18. The van der Waals surface area contributed by atoms with E-state index in [1.165, 1.54) is 0 Å². The van der Waals surface area contributed by atoms with Gasteiger partial charge in [-0.3, -0.25) is 9.69 Å². The fourth-order valence-corrected chi connectivity index (χ4v) is 3.29. The minimum absolute atomic E-state index is 0.0624. The highest BCUT2D eigenvalue weighted by molar-refractivity contribution is 7.91. The third-order valence-electron chi connectivity index (χ3n) is 2.80. The van der Waals surface area contributed by atoms with Gasteiger partial charge in [0.1, 0.15) is 6.04 Å². The standard InChI is InChI=1S/C10H19NO4S/c1-10(2,3)8(9(12)13)11-4-6-16(14,15)7-5-11/h8H,4-7H2,1-3H3,(H,12,13)/t8-/m1/s1. The number of rotatable bonds is 2. The second-order valence-electron chi connectivity index (χ2n) is 5.29. The number of aliphatic carboxylic acids is 1. The maximum Gasteiger partial charge on any atom is 0.321 e. The molecule has 1 fully saturated rings. The zero-order chi connectivity index (χ0) is 12.6. The summed E-state index contributed by atoms with van der Waals surface area (Å²) >= 11 is 0. The number of sulfone groups is 1. The molecule has 0 spiro atoms. The Bertz CT molecular complexity index is 355. The summed E-state index contributed by atoms with van der Waals surface area (Å²) in [5, 5.41) is 9.20. The van der Waals surface area contributed by atoms with Gasteiger partial charge in [0.25, 0.3) is 0 Å². The van der Waals surface area contributed by atoms with Crippen molar-refractivity contribution in [3.63, 3.8) is 0 Å². The molecule has 0 amide bonds. The van der Waals surface area contributed by atoms with Crippen LogP contribution in [-0.4, -0.2) is 55.0 Å². The molecule has 0 radical (unpaired) electrons. The molecule has 1 heterocycles. The van der Waals surface area contributed by atoms with Gasteiger partial charge in [-0.1, -0.05) is 20.8 Å². The van der Waals surface area contributed by atoms with E-state index in [4.69, 9.17) is 0 Å². The Kier molecular flexibility index (Phi) is 3.64. The lowest BCUT2D eigenvalue weighted by atomic mass is 9.85. The minimum atomic E-state index is -2.95. The molecule has 1 aliphatic heterocycles. The Hall–Kier alpha value is -0.620. The average molecular weight is 249 g/mol. The first-order chi connectivity index (χ1) is 7.13. The molecular weight excluding hydrogens is 230 g/mol. The summed E-state index contributed by atoms with van der Waals surface area (Å²) in [5.41, 5.74) is -0.396. The number of hydrogen-bond acceptors (Lipinski definition) is 4. The van der Waals surface area contributed by atoms with Crippen molar-refractivity contribution in [2.75, 3.05) is 24.6 Å². The summed E-state index contributed by atoms with van der Waals surface area (Å²) in [6.07, 6.45) is 0. The summed E-state index contributed by atoms with van der Waals surface area (Å²) in [6, 6.07) is -0.622. The predicted molar refractivity (Wildman–Crippen MR) is 61.1 cm³/mol. The van der Waals surface area contributed by atoms with Gasteiger partial charge in [-0.15, -0.1) is 0 Å². The van der Waals surface area contributed by atoms with Gasteiger partial charge in [0, 0.05) is 13.1 Å². The zero-order valence-electron chi connectivity index (χ0n) is 9.93. The lowest BCUT2D eigenvalue weighted by Gasteiger charge is -2.38. The van der Waals surface area contributed by atoms with Crippen molar-refractivity contribution in [1.82, 2.24) is 4.90 Å². The number of carboxylic acid groups (broad SMARTS) is 1. The SMILES string of the molecule is CC(C)(C)[C@@H](C(=O)O)N1CCS(=O)(=O)CC1. The Labute approximate surface area is 96.4 Å². The fourth-order valence-electron chi connectivity index (χ4n) is 2.06. The monoisotopic (exact) mass is 249 g/mol. The first-order valence-electron chi connectivity index (χ1n) is 5.31. The van der Waals surface area contributed by atoms with Crippen LogP contribution in [-0.2, 0) is 14.6 Å². The van der Waals surface area contributed by atoms with E-state index in [2.05, 4.69) is 0 Å². The Balaban J connectivity index is 2.80. The lowest BCUT2D eigenvalue weighted by molar-refractivity contribution is -0.147. The van der Waals surface area contributed by atoms with Crippen molar-refractivity contribution in [3.05, 3.63) is 0 Å². The van der Waals surface area contributed by atoms with Crippen LogP contribution in [0.2, 0.25) is 0 Å². The van der Waals surface area contributed by atoms with Gasteiger partial charge in [-0.05, 0) is 5.41 Å². The van der Waals surface area contributed by atoms with E-state index in [0.29, 0.717) is 13.1 Å². The summed E-state index contributed by atoms with van der Waals surface area (Å²) < 4.78 is 22.5. The number of hydrogen-bond donors (Lipinski definition) is 1. The van der Waals surface area contributed by atoms with Gasteiger partial charge in [-0.2, -0.15) is 0 Å². The van der Waals surface area contributed by atoms with Crippen molar-refractivity contribution in [2.24, 2.45) is 5.41 Å². The quantitative estimate of drug-likeness (QED) is 0.757. The maximum absolute atomic E-state index is 11.3. The van der Waals surface area contributed by atoms with Gasteiger partial charge >= 0.3 is 5.97 Å². The van der Waals surface area contributed by atoms with E-state index in [9.17, 15) is 18.3 Å². The van der Waals surface area contributed by atoms with Crippen molar-refractivity contribution in [1.29, 1.82) is 0 Å². The maximum atomic E-state index is 11.3. The van der Waals surface area contributed by atoms with Gasteiger partial charge in [0.05, 0.1) is 11.5 Å². The Morgan fingerprint density at radius 1 is 1.25 bits per heavy atom. The Morgan fingerprint density at radius 2 is 1.69 bits per heavy atom. The summed E-state index contributed by atoms with van der Waals surface area (Å²) in [7, 11) is -2.95. The Morgan fingerprint density at radius 3 is 2.00 bits per heavy atom. The van der Waals surface area contributed by atoms with Crippen LogP contribution in [0.1, 0.15) is 20.8 Å². The molecule has 1 rings (SSSR count). The normalized spacial score (nSPS) is 23.9. The number of carbonyl (C=O) groups is 1. The summed E-state index contributed by atoms with van der Waals surface area (Å²) in [6.45, 7) is 6.20. The van der Waals surface area contributed by atoms with Gasteiger partial charge in [0.15, 0.2) is 9.84 Å². The van der Waals surface area contributed by atoms with Crippen LogP contribution >= 0.6 is 0 Å². The summed E-state index contributed by atoms with van der Waals surface area (Å²) in [5.74, 6) is -0.758. The van der Waals surface area contributed by atoms with Gasteiger partial charge in [0.2, 0.25) is 0 Å². The molecule has 0 aromatic heterocycles. The predicted octanol–water partition coefficient (Wildman–Crippen LogP) is 0.216. The molecule has 1 saturated heterocycles. The van der Waals surface area contributed by atoms with Crippen LogP contribution in [0.25, 0.3) is 0 Å². The van der Waals surface area contributed by atoms with Crippen LogP contribution in [0.4, 0.5) is 0 Å². The van der Waals surface area contributed by atoms with Gasteiger partial charge in [-0.25, -0.2) is 8.42 Å². The average Bonchev–Trinajstić information content (AvgIpc) is 2.05. The molecule has 0 unspecified atom stereocenters. The zero-order valence-corrected chi connectivity index (χ0v) is 10.7. The molecule has 1 aliphatic rings. The topological polar surface area (TPSA) is 74.7 Å². The van der Waals surface area contributed by atoms with E-state index in [-0.39, 0.29) is 11.5 Å². The fraction of sp³-hybridized carbons (Fsp3) is 0.900. The highest BCUT2D eigenvalue weighted by Gasteiger charge is 2.38. The molecule has 6 heteroatoms. The molecule has 0 aromatic rings. The van der Waals surface area contributed by atoms with E-state index >= 15 is 0 Å².